The van der Waals surface area contributed by atoms with E-state index in [1.807, 2.05) is 0 Å². The van der Waals surface area contributed by atoms with Crippen molar-refractivity contribution in [1.82, 2.24) is 15.0 Å². The van der Waals surface area contributed by atoms with E-state index in [9.17, 15) is 13.6 Å². The number of rotatable bonds is 6. The summed E-state index contributed by atoms with van der Waals surface area (Å²) in [7, 11) is 0. The van der Waals surface area contributed by atoms with E-state index in [-0.39, 0.29) is 18.8 Å². The molecule has 0 aliphatic heterocycles. The number of nitrogens with zero attached hydrogens (tertiary/aromatic N) is 3. The first-order valence-electron chi connectivity index (χ1n) is 6.04. The van der Waals surface area contributed by atoms with Gasteiger partial charge in [0.05, 0.1) is 37.1 Å². The highest BCUT2D eigenvalue weighted by Crippen LogP contribution is 2.19. The number of carbonyl (C=O) groups excluding carboxylic acids is 1. The summed E-state index contributed by atoms with van der Waals surface area (Å²) in [6, 6.07) is 1.59. The Kier molecular flexibility index (Phi) is 4.43. The quantitative estimate of drug-likeness (QED) is 0.709. The average molecular weight is 297 g/mol. The van der Waals surface area contributed by atoms with E-state index >= 15 is 0 Å². The zero-order chi connectivity index (χ0) is 15.4. The fourth-order valence-corrected chi connectivity index (χ4v) is 1.69. The largest absolute Gasteiger partial charge is 0.394 e. The number of anilines is 1. The van der Waals surface area contributed by atoms with Crippen LogP contribution in [0.15, 0.2) is 18.3 Å². The van der Waals surface area contributed by atoms with Gasteiger partial charge >= 0.3 is 0 Å². The van der Waals surface area contributed by atoms with Crippen LogP contribution in [0, 0.1) is 11.6 Å². The van der Waals surface area contributed by atoms with Crippen LogP contribution >= 0.6 is 0 Å². The molecule has 0 aliphatic rings. The van der Waals surface area contributed by atoms with Gasteiger partial charge in [0.15, 0.2) is 0 Å². The van der Waals surface area contributed by atoms with Crippen LogP contribution in [0.1, 0.15) is 16.1 Å². The molecule has 0 radical (unpaired) electrons. The lowest BCUT2D eigenvalue weighted by molar-refractivity contribution is 0.0996. The Morgan fingerprint density at radius 3 is 2.81 bits per heavy atom. The molecule has 2 aromatic rings. The minimum absolute atomic E-state index is 0.0677. The molecule has 0 aliphatic carbocycles. The van der Waals surface area contributed by atoms with Crippen LogP contribution in [0.2, 0.25) is 0 Å². The number of aliphatic hydroxyl groups is 1. The Bertz CT molecular complexity index is 659. The molecule has 4 N–H and O–H groups in total. The third kappa shape index (κ3) is 3.51. The van der Waals surface area contributed by atoms with E-state index in [1.54, 1.807) is 6.20 Å². The van der Waals surface area contributed by atoms with E-state index in [0.29, 0.717) is 18.3 Å². The molecule has 1 heterocycles. The molecule has 1 aromatic heterocycles. The Morgan fingerprint density at radius 1 is 1.38 bits per heavy atom. The minimum atomic E-state index is -1.01. The first-order valence-corrected chi connectivity index (χ1v) is 6.04. The molecule has 9 heteroatoms. The van der Waals surface area contributed by atoms with Gasteiger partial charge in [-0.25, -0.2) is 13.5 Å². The van der Waals surface area contributed by atoms with Crippen molar-refractivity contribution in [3.8, 4) is 0 Å². The predicted octanol–water partition coefficient (Wildman–Crippen LogP) is 0.260. The van der Waals surface area contributed by atoms with Crippen molar-refractivity contribution in [3.63, 3.8) is 0 Å². The summed E-state index contributed by atoms with van der Waals surface area (Å²) in [4.78, 5) is 11.0. The number of nitrogens with two attached hydrogens (primary N) is 1. The second kappa shape index (κ2) is 6.27. The lowest BCUT2D eigenvalue weighted by Gasteiger charge is -2.08. The van der Waals surface area contributed by atoms with Gasteiger partial charge in [-0.1, -0.05) is 5.21 Å². The van der Waals surface area contributed by atoms with Crippen molar-refractivity contribution in [1.29, 1.82) is 0 Å². The second-order valence-electron chi connectivity index (χ2n) is 4.23. The number of carbonyl (C=O) groups is 1. The molecule has 7 nitrogen and oxygen atoms in total. The molecule has 0 spiro atoms. The second-order valence-corrected chi connectivity index (χ2v) is 4.23. The molecule has 2 rings (SSSR count). The molecule has 21 heavy (non-hydrogen) atoms. The molecule has 1 aromatic carbocycles. The molecule has 0 unspecified atom stereocenters. The van der Waals surface area contributed by atoms with Gasteiger partial charge in [-0.05, 0) is 6.07 Å². The normalized spacial score (nSPS) is 10.6. The molecular formula is C12H13F2N5O2. The fourth-order valence-electron chi connectivity index (χ4n) is 1.69. The molecule has 0 bridgehead atoms. The van der Waals surface area contributed by atoms with Crippen molar-refractivity contribution >= 4 is 11.6 Å². The van der Waals surface area contributed by atoms with Crippen LogP contribution in [0.25, 0.3) is 0 Å². The highest BCUT2D eigenvalue weighted by molar-refractivity contribution is 5.94. The lowest BCUT2D eigenvalue weighted by atomic mass is 10.1. The summed E-state index contributed by atoms with van der Waals surface area (Å²) < 4.78 is 28.3. The van der Waals surface area contributed by atoms with Crippen molar-refractivity contribution in [2.75, 3.05) is 11.9 Å². The highest BCUT2D eigenvalue weighted by atomic mass is 19.1. The van der Waals surface area contributed by atoms with Gasteiger partial charge in [0.2, 0.25) is 0 Å². The van der Waals surface area contributed by atoms with Crippen molar-refractivity contribution in [2.24, 2.45) is 5.73 Å². The Morgan fingerprint density at radius 2 is 2.14 bits per heavy atom. The molecule has 0 atom stereocenters. The summed E-state index contributed by atoms with van der Waals surface area (Å²) >= 11 is 0. The van der Waals surface area contributed by atoms with Crippen LogP contribution in [-0.4, -0.2) is 32.6 Å². The van der Waals surface area contributed by atoms with Crippen LogP contribution < -0.4 is 11.1 Å². The molecule has 112 valence electrons. The Labute approximate surface area is 118 Å². The standard InChI is InChI=1S/C12H13F2N5O2/c13-9-4-10(14)11(3-8(9)12(15)21)16-5-7-6-19(1-2-20)18-17-7/h3-4,6,16,20H,1-2,5H2,(H2,15,21). The number of nitrogens with one attached hydrogen (secondary N) is 1. The average Bonchev–Trinajstić information content (AvgIpc) is 2.85. The number of aliphatic hydroxyl groups excluding tert-OH is 1. The minimum Gasteiger partial charge on any atom is -0.394 e. The van der Waals surface area contributed by atoms with Crippen LogP contribution in [0.5, 0.6) is 0 Å². The third-order valence-electron chi connectivity index (χ3n) is 2.70. The summed E-state index contributed by atoms with van der Waals surface area (Å²) in [5, 5.41) is 19.0. The zero-order valence-electron chi connectivity index (χ0n) is 10.9. The van der Waals surface area contributed by atoms with Crippen molar-refractivity contribution in [2.45, 2.75) is 13.1 Å². The Hall–Kier alpha value is -2.55. The molecule has 0 fully saturated rings. The van der Waals surface area contributed by atoms with Gasteiger partial charge < -0.3 is 16.2 Å². The lowest BCUT2D eigenvalue weighted by Crippen LogP contribution is -2.14. The maximum Gasteiger partial charge on any atom is 0.251 e. The molecular weight excluding hydrogens is 284 g/mol. The van der Waals surface area contributed by atoms with E-state index in [0.717, 1.165) is 6.07 Å². The van der Waals surface area contributed by atoms with Gasteiger partial charge in [0.1, 0.15) is 17.3 Å². The molecule has 0 saturated heterocycles. The maximum atomic E-state index is 13.6. The zero-order valence-corrected chi connectivity index (χ0v) is 10.9. The summed E-state index contributed by atoms with van der Waals surface area (Å²) in [5.41, 5.74) is 5.02. The molecule has 0 saturated carbocycles. The van der Waals surface area contributed by atoms with Crippen LogP contribution in [-0.2, 0) is 13.1 Å². The van der Waals surface area contributed by atoms with Crippen LogP contribution in [0.4, 0.5) is 14.5 Å². The maximum absolute atomic E-state index is 13.6. The smallest absolute Gasteiger partial charge is 0.251 e. The van der Waals surface area contributed by atoms with Gasteiger partial charge in [0, 0.05) is 6.07 Å². The van der Waals surface area contributed by atoms with Crippen LogP contribution in [0.3, 0.4) is 0 Å². The predicted molar refractivity (Wildman–Crippen MR) is 69.3 cm³/mol. The number of hydrogen-bond donors (Lipinski definition) is 3. The van der Waals surface area contributed by atoms with Crippen molar-refractivity contribution in [3.05, 3.63) is 41.2 Å². The van der Waals surface area contributed by atoms with Crippen molar-refractivity contribution < 1.29 is 18.7 Å². The number of benzene rings is 1. The molecule has 1 amide bonds. The third-order valence-corrected chi connectivity index (χ3v) is 2.70. The first kappa shape index (κ1) is 14.9. The summed E-state index contributed by atoms with van der Waals surface area (Å²) in [5.74, 6) is -2.84. The number of hydrogen-bond acceptors (Lipinski definition) is 5. The summed E-state index contributed by atoms with van der Waals surface area (Å²) in [6.45, 7) is 0.334. The first-order chi connectivity index (χ1) is 10.0. The van der Waals surface area contributed by atoms with Gasteiger partial charge in [-0.2, -0.15) is 0 Å². The fraction of sp³-hybridized carbons (Fsp3) is 0.250. The monoisotopic (exact) mass is 297 g/mol. The number of halogens is 2. The van der Waals surface area contributed by atoms with Gasteiger partial charge in [0.25, 0.3) is 5.91 Å². The number of aromatic nitrogens is 3. The van der Waals surface area contributed by atoms with Gasteiger partial charge in [-0.15, -0.1) is 5.10 Å². The summed E-state index contributed by atoms with van der Waals surface area (Å²) in [6.07, 6.45) is 1.57. The SMILES string of the molecule is NC(=O)c1cc(NCc2cn(CCO)nn2)c(F)cc1F. The van der Waals surface area contributed by atoms with E-state index in [4.69, 9.17) is 10.8 Å². The van der Waals surface area contributed by atoms with Gasteiger partial charge in [-0.3, -0.25) is 4.79 Å². The van der Waals surface area contributed by atoms with E-state index < -0.39 is 23.1 Å². The van der Waals surface area contributed by atoms with E-state index in [2.05, 4.69) is 15.6 Å². The highest BCUT2D eigenvalue weighted by Gasteiger charge is 2.14. The number of amides is 1. The van der Waals surface area contributed by atoms with E-state index in [1.165, 1.54) is 4.68 Å². The topological polar surface area (TPSA) is 106 Å². The Balaban J connectivity index is 2.11. The number of primary amides is 1.